The zero-order valence-electron chi connectivity index (χ0n) is 9.19. The Hall–Kier alpha value is -1.89. The standard InChI is InChI=1S/C9H14N4O3/c1-3-7-6(4-13(2)11-7)9(15)12-16-5-8(10)14/h4H,3,5H2,1-2H3,(H2,10,14)(H,12,15). The van der Waals surface area contributed by atoms with Gasteiger partial charge in [-0.25, -0.2) is 5.48 Å². The number of nitrogens with two attached hydrogens (primary N) is 1. The van der Waals surface area contributed by atoms with Crippen LogP contribution in [0.4, 0.5) is 0 Å². The highest BCUT2D eigenvalue weighted by Crippen LogP contribution is 2.06. The van der Waals surface area contributed by atoms with Gasteiger partial charge in [-0.15, -0.1) is 0 Å². The van der Waals surface area contributed by atoms with E-state index in [9.17, 15) is 9.59 Å². The number of rotatable bonds is 5. The first-order valence-corrected chi connectivity index (χ1v) is 4.77. The van der Waals surface area contributed by atoms with Crippen molar-refractivity contribution < 1.29 is 14.4 Å². The fraction of sp³-hybridized carbons (Fsp3) is 0.444. The van der Waals surface area contributed by atoms with E-state index in [4.69, 9.17) is 5.73 Å². The number of hydrogen-bond acceptors (Lipinski definition) is 4. The van der Waals surface area contributed by atoms with Crippen LogP contribution in [-0.4, -0.2) is 28.2 Å². The molecule has 0 unspecified atom stereocenters. The van der Waals surface area contributed by atoms with Crippen LogP contribution in [0.2, 0.25) is 0 Å². The van der Waals surface area contributed by atoms with Crippen molar-refractivity contribution in [1.82, 2.24) is 15.3 Å². The molecular weight excluding hydrogens is 212 g/mol. The van der Waals surface area contributed by atoms with E-state index in [0.29, 0.717) is 17.7 Å². The monoisotopic (exact) mass is 226 g/mol. The van der Waals surface area contributed by atoms with Crippen molar-refractivity contribution in [3.05, 3.63) is 17.5 Å². The van der Waals surface area contributed by atoms with Crippen molar-refractivity contribution in [2.45, 2.75) is 13.3 Å². The third-order valence-corrected chi connectivity index (χ3v) is 1.86. The van der Waals surface area contributed by atoms with E-state index in [1.165, 1.54) is 0 Å². The van der Waals surface area contributed by atoms with Crippen molar-refractivity contribution in [1.29, 1.82) is 0 Å². The summed E-state index contributed by atoms with van der Waals surface area (Å²) in [5, 5.41) is 4.10. The second-order valence-corrected chi connectivity index (χ2v) is 3.20. The molecule has 0 aromatic carbocycles. The number of hydroxylamine groups is 1. The second-order valence-electron chi connectivity index (χ2n) is 3.20. The molecule has 7 nitrogen and oxygen atoms in total. The highest BCUT2D eigenvalue weighted by atomic mass is 16.7. The number of amides is 2. The van der Waals surface area contributed by atoms with E-state index in [0.717, 1.165) is 0 Å². The summed E-state index contributed by atoms with van der Waals surface area (Å²) < 4.78 is 1.54. The molecule has 0 radical (unpaired) electrons. The molecule has 0 bridgehead atoms. The van der Waals surface area contributed by atoms with Gasteiger partial charge in [0, 0.05) is 13.2 Å². The lowest BCUT2D eigenvalue weighted by Crippen LogP contribution is -2.29. The van der Waals surface area contributed by atoms with E-state index in [1.807, 2.05) is 6.92 Å². The maximum atomic E-state index is 11.6. The number of hydrogen-bond donors (Lipinski definition) is 2. The topological polar surface area (TPSA) is 99.2 Å². The van der Waals surface area contributed by atoms with Crippen LogP contribution in [0, 0.1) is 0 Å². The quantitative estimate of drug-likeness (QED) is 0.637. The normalized spacial score (nSPS) is 10.1. The molecule has 88 valence electrons. The zero-order valence-corrected chi connectivity index (χ0v) is 9.19. The molecule has 0 aliphatic carbocycles. The van der Waals surface area contributed by atoms with Gasteiger partial charge < -0.3 is 5.73 Å². The molecule has 0 aliphatic rings. The molecule has 0 aliphatic heterocycles. The van der Waals surface area contributed by atoms with Crippen LogP contribution in [0.5, 0.6) is 0 Å². The number of nitrogens with one attached hydrogen (secondary N) is 1. The van der Waals surface area contributed by atoms with Gasteiger partial charge in [0.2, 0.25) is 5.91 Å². The van der Waals surface area contributed by atoms with Crippen molar-refractivity contribution in [3.63, 3.8) is 0 Å². The zero-order chi connectivity index (χ0) is 12.1. The van der Waals surface area contributed by atoms with Crippen LogP contribution in [0.1, 0.15) is 23.0 Å². The second kappa shape index (κ2) is 5.26. The van der Waals surface area contributed by atoms with E-state index in [1.54, 1.807) is 17.9 Å². The molecule has 1 aromatic rings. The van der Waals surface area contributed by atoms with Gasteiger partial charge in [0.15, 0.2) is 6.61 Å². The van der Waals surface area contributed by atoms with Crippen LogP contribution in [0.15, 0.2) is 6.20 Å². The maximum Gasteiger partial charge on any atom is 0.278 e. The minimum absolute atomic E-state index is 0.354. The number of primary amides is 1. The van der Waals surface area contributed by atoms with Gasteiger partial charge >= 0.3 is 0 Å². The molecule has 16 heavy (non-hydrogen) atoms. The fourth-order valence-corrected chi connectivity index (χ4v) is 1.21. The Morgan fingerprint density at radius 2 is 2.31 bits per heavy atom. The Morgan fingerprint density at radius 3 is 2.88 bits per heavy atom. The lowest BCUT2D eigenvalue weighted by Gasteiger charge is -2.02. The highest BCUT2D eigenvalue weighted by molar-refractivity contribution is 5.94. The SMILES string of the molecule is CCc1nn(C)cc1C(=O)NOCC(N)=O. The Kier molecular flexibility index (Phi) is 4.01. The van der Waals surface area contributed by atoms with E-state index in [-0.39, 0.29) is 6.61 Å². The molecule has 0 spiro atoms. The largest absolute Gasteiger partial charge is 0.368 e. The lowest BCUT2D eigenvalue weighted by molar-refractivity contribution is -0.124. The first-order chi connectivity index (χ1) is 7.54. The Labute approximate surface area is 92.5 Å². The minimum Gasteiger partial charge on any atom is -0.368 e. The Bertz CT molecular complexity index is 399. The van der Waals surface area contributed by atoms with Crippen molar-refractivity contribution in [2.75, 3.05) is 6.61 Å². The predicted molar refractivity (Wildman–Crippen MR) is 55.2 cm³/mol. The third-order valence-electron chi connectivity index (χ3n) is 1.86. The molecule has 7 heteroatoms. The molecule has 3 N–H and O–H groups in total. The number of nitrogens with zero attached hydrogens (tertiary/aromatic N) is 2. The summed E-state index contributed by atoms with van der Waals surface area (Å²) in [5.74, 6) is -1.09. The third kappa shape index (κ3) is 3.06. The van der Waals surface area contributed by atoms with E-state index in [2.05, 4.69) is 15.4 Å². The molecule has 1 rings (SSSR count). The maximum absolute atomic E-state index is 11.6. The number of carbonyl (C=O) groups is 2. The molecule has 0 saturated carbocycles. The first kappa shape index (κ1) is 12.2. The molecule has 1 aromatic heterocycles. The van der Waals surface area contributed by atoms with Crippen LogP contribution >= 0.6 is 0 Å². The van der Waals surface area contributed by atoms with Gasteiger partial charge in [0.25, 0.3) is 5.91 Å². The summed E-state index contributed by atoms with van der Waals surface area (Å²) in [4.78, 5) is 26.6. The number of carbonyl (C=O) groups excluding carboxylic acids is 2. The van der Waals surface area contributed by atoms with Crippen LogP contribution < -0.4 is 11.2 Å². The van der Waals surface area contributed by atoms with Crippen molar-refractivity contribution in [3.8, 4) is 0 Å². The number of aromatic nitrogens is 2. The smallest absolute Gasteiger partial charge is 0.278 e. The van der Waals surface area contributed by atoms with Gasteiger partial charge in [-0.3, -0.25) is 19.1 Å². The van der Waals surface area contributed by atoms with Gasteiger partial charge in [0.1, 0.15) is 0 Å². The van der Waals surface area contributed by atoms with Gasteiger partial charge in [-0.1, -0.05) is 6.92 Å². The molecule has 0 atom stereocenters. The number of aryl methyl sites for hydroxylation is 2. The molecular formula is C9H14N4O3. The van der Waals surface area contributed by atoms with E-state index >= 15 is 0 Å². The van der Waals surface area contributed by atoms with Crippen LogP contribution in [0.3, 0.4) is 0 Å². The summed E-state index contributed by atoms with van der Waals surface area (Å²) in [6.07, 6.45) is 2.22. The Balaban J connectivity index is 2.61. The average molecular weight is 226 g/mol. The molecule has 0 saturated heterocycles. The van der Waals surface area contributed by atoms with Gasteiger partial charge in [0.05, 0.1) is 11.3 Å². The van der Waals surface area contributed by atoms with Gasteiger partial charge in [-0.05, 0) is 6.42 Å². The minimum atomic E-state index is -0.651. The van der Waals surface area contributed by atoms with Crippen LogP contribution in [0.25, 0.3) is 0 Å². The first-order valence-electron chi connectivity index (χ1n) is 4.77. The van der Waals surface area contributed by atoms with Crippen LogP contribution in [-0.2, 0) is 23.1 Å². The van der Waals surface area contributed by atoms with Gasteiger partial charge in [-0.2, -0.15) is 5.10 Å². The van der Waals surface area contributed by atoms with Crippen molar-refractivity contribution >= 4 is 11.8 Å². The molecule has 0 fully saturated rings. The van der Waals surface area contributed by atoms with E-state index < -0.39 is 11.8 Å². The highest BCUT2D eigenvalue weighted by Gasteiger charge is 2.14. The Morgan fingerprint density at radius 1 is 1.62 bits per heavy atom. The summed E-state index contributed by atoms with van der Waals surface area (Å²) in [6, 6.07) is 0. The van der Waals surface area contributed by atoms with Crippen molar-refractivity contribution in [2.24, 2.45) is 12.8 Å². The summed E-state index contributed by atoms with van der Waals surface area (Å²) in [6.45, 7) is 1.54. The summed E-state index contributed by atoms with van der Waals surface area (Å²) in [5.41, 5.74) is 8.07. The lowest BCUT2D eigenvalue weighted by atomic mass is 10.2. The average Bonchev–Trinajstić information content (AvgIpc) is 2.59. The molecule has 1 heterocycles. The summed E-state index contributed by atoms with van der Waals surface area (Å²) in [7, 11) is 1.72. The molecule has 2 amide bonds. The predicted octanol–water partition coefficient (Wildman–Crippen LogP) is -0.871. The summed E-state index contributed by atoms with van der Waals surface area (Å²) >= 11 is 0. The fourth-order valence-electron chi connectivity index (χ4n) is 1.21.